The van der Waals surface area contributed by atoms with E-state index in [1.54, 1.807) is 12.3 Å². The first-order valence-electron chi connectivity index (χ1n) is 8.92. The Morgan fingerprint density at radius 3 is 2.65 bits per heavy atom. The van der Waals surface area contributed by atoms with Crippen molar-refractivity contribution in [2.75, 3.05) is 19.6 Å². The van der Waals surface area contributed by atoms with Gasteiger partial charge in [0.15, 0.2) is 0 Å². The molecule has 134 valence electrons. The molecule has 3 heterocycles. The van der Waals surface area contributed by atoms with Crippen LogP contribution in [0.25, 0.3) is 5.65 Å². The molecular formula is C20H21FN4O. The maximum absolute atomic E-state index is 13.3. The predicted octanol–water partition coefficient (Wildman–Crippen LogP) is 3.04. The number of aromatic nitrogens is 2. The number of rotatable bonds is 5. The van der Waals surface area contributed by atoms with E-state index in [1.807, 2.05) is 18.2 Å². The van der Waals surface area contributed by atoms with E-state index in [0.717, 1.165) is 13.1 Å². The molecule has 5 nitrogen and oxygen atoms in total. The molecule has 26 heavy (non-hydrogen) atoms. The second-order valence-corrected chi connectivity index (χ2v) is 6.62. The van der Waals surface area contributed by atoms with Crippen molar-refractivity contribution in [1.29, 1.82) is 0 Å². The largest absolute Gasteiger partial charge is 0.349 e. The van der Waals surface area contributed by atoms with Crippen LogP contribution in [-0.2, 0) is 0 Å². The molecule has 6 heteroatoms. The third kappa shape index (κ3) is 3.46. The van der Waals surface area contributed by atoms with Gasteiger partial charge >= 0.3 is 0 Å². The standard InChI is InChI=1S/C20H21FN4O/c21-16-8-9-19-23-17(14-25(19)13-16)20(26)22-12-18(24-10-4-5-11-24)15-6-2-1-3-7-15/h1-3,6-9,13-14,18H,4-5,10-12H2,(H,22,26). The highest BCUT2D eigenvalue weighted by Gasteiger charge is 2.24. The number of hydrogen-bond donors (Lipinski definition) is 1. The molecule has 1 N–H and O–H groups in total. The molecule has 1 saturated heterocycles. The Kier molecular flexibility index (Phi) is 4.67. The predicted molar refractivity (Wildman–Crippen MR) is 97.5 cm³/mol. The molecule has 0 saturated carbocycles. The lowest BCUT2D eigenvalue weighted by molar-refractivity contribution is 0.0933. The molecule has 1 atom stereocenters. The van der Waals surface area contributed by atoms with Crippen LogP contribution >= 0.6 is 0 Å². The number of pyridine rings is 1. The fourth-order valence-corrected chi connectivity index (χ4v) is 3.54. The number of carbonyl (C=O) groups is 1. The van der Waals surface area contributed by atoms with Crippen LogP contribution in [0.15, 0.2) is 54.9 Å². The van der Waals surface area contributed by atoms with Crippen LogP contribution < -0.4 is 5.32 Å². The quantitative estimate of drug-likeness (QED) is 0.768. The van der Waals surface area contributed by atoms with Crippen LogP contribution in [-0.4, -0.2) is 39.8 Å². The molecule has 0 radical (unpaired) electrons. The minimum atomic E-state index is -0.361. The van der Waals surface area contributed by atoms with Crippen LogP contribution in [0.2, 0.25) is 0 Å². The van der Waals surface area contributed by atoms with Gasteiger partial charge in [-0.1, -0.05) is 30.3 Å². The number of fused-ring (bicyclic) bond motifs is 1. The highest BCUT2D eigenvalue weighted by molar-refractivity contribution is 5.92. The summed E-state index contributed by atoms with van der Waals surface area (Å²) in [4.78, 5) is 19.2. The first-order valence-corrected chi connectivity index (χ1v) is 8.92. The molecule has 0 bridgehead atoms. The maximum atomic E-state index is 13.3. The van der Waals surface area contributed by atoms with Gasteiger partial charge in [-0.15, -0.1) is 0 Å². The van der Waals surface area contributed by atoms with Crippen molar-refractivity contribution in [2.24, 2.45) is 0 Å². The molecular weight excluding hydrogens is 331 g/mol. The number of halogens is 1. The Labute approximate surface area is 151 Å². The van der Waals surface area contributed by atoms with Gasteiger partial charge in [-0.25, -0.2) is 9.37 Å². The van der Waals surface area contributed by atoms with Crippen molar-refractivity contribution in [3.63, 3.8) is 0 Å². The molecule has 0 aliphatic carbocycles. The summed E-state index contributed by atoms with van der Waals surface area (Å²) in [6.45, 7) is 2.61. The molecule has 1 unspecified atom stereocenters. The normalized spacial score (nSPS) is 16.0. The fourth-order valence-electron chi connectivity index (χ4n) is 3.54. The third-order valence-corrected chi connectivity index (χ3v) is 4.87. The van der Waals surface area contributed by atoms with E-state index in [9.17, 15) is 9.18 Å². The zero-order valence-electron chi connectivity index (χ0n) is 14.4. The molecule has 2 aromatic heterocycles. The number of nitrogens with one attached hydrogen (secondary N) is 1. The Bertz CT molecular complexity index is 903. The SMILES string of the molecule is O=C(NCC(c1ccccc1)N1CCCC1)c1cn2cc(F)ccc2n1. The number of benzene rings is 1. The van der Waals surface area contributed by atoms with Crippen molar-refractivity contribution in [3.05, 3.63) is 71.9 Å². The van der Waals surface area contributed by atoms with E-state index in [2.05, 4.69) is 27.3 Å². The molecule has 1 aliphatic rings. The molecule has 0 spiro atoms. The van der Waals surface area contributed by atoms with Gasteiger partial charge in [0.1, 0.15) is 17.2 Å². The molecule has 1 amide bonds. The monoisotopic (exact) mass is 352 g/mol. The van der Waals surface area contributed by atoms with E-state index in [0.29, 0.717) is 17.9 Å². The maximum Gasteiger partial charge on any atom is 0.271 e. The highest BCUT2D eigenvalue weighted by atomic mass is 19.1. The first-order chi connectivity index (χ1) is 12.7. The second kappa shape index (κ2) is 7.25. The van der Waals surface area contributed by atoms with Crippen molar-refractivity contribution in [2.45, 2.75) is 18.9 Å². The molecule has 3 aromatic rings. The number of nitrogens with zero attached hydrogens (tertiary/aromatic N) is 3. The smallest absolute Gasteiger partial charge is 0.271 e. The van der Waals surface area contributed by atoms with Crippen molar-refractivity contribution in [3.8, 4) is 0 Å². The minimum Gasteiger partial charge on any atom is -0.349 e. The average molecular weight is 352 g/mol. The van der Waals surface area contributed by atoms with E-state index < -0.39 is 0 Å². The lowest BCUT2D eigenvalue weighted by atomic mass is 10.1. The van der Waals surface area contributed by atoms with Crippen LogP contribution in [0.4, 0.5) is 4.39 Å². The Morgan fingerprint density at radius 2 is 1.88 bits per heavy atom. The molecule has 1 fully saturated rings. The first kappa shape index (κ1) is 16.7. The number of hydrogen-bond acceptors (Lipinski definition) is 3. The van der Waals surface area contributed by atoms with Crippen molar-refractivity contribution in [1.82, 2.24) is 19.6 Å². The van der Waals surface area contributed by atoms with Crippen LogP contribution in [0, 0.1) is 5.82 Å². The van der Waals surface area contributed by atoms with Crippen molar-refractivity contribution >= 4 is 11.6 Å². The van der Waals surface area contributed by atoms with Gasteiger partial charge in [-0.2, -0.15) is 0 Å². The van der Waals surface area contributed by atoms with E-state index in [1.165, 1.54) is 35.1 Å². The summed E-state index contributed by atoms with van der Waals surface area (Å²) in [6.07, 6.45) is 5.25. The van der Waals surface area contributed by atoms with Gasteiger partial charge in [0.25, 0.3) is 5.91 Å². The second-order valence-electron chi connectivity index (χ2n) is 6.62. The molecule has 4 rings (SSSR count). The van der Waals surface area contributed by atoms with Gasteiger partial charge in [0, 0.05) is 18.9 Å². The molecule has 1 aromatic carbocycles. The number of amides is 1. The van der Waals surface area contributed by atoms with Gasteiger partial charge < -0.3 is 9.72 Å². The highest BCUT2D eigenvalue weighted by Crippen LogP contribution is 2.24. The summed E-state index contributed by atoms with van der Waals surface area (Å²) >= 11 is 0. The summed E-state index contributed by atoms with van der Waals surface area (Å²) in [5, 5.41) is 3.00. The van der Waals surface area contributed by atoms with E-state index in [-0.39, 0.29) is 17.8 Å². The molecule has 1 aliphatic heterocycles. The Hall–Kier alpha value is -2.73. The number of likely N-dealkylation sites (tertiary alicyclic amines) is 1. The Balaban J connectivity index is 1.50. The Morgan fingerprint density at radius 1 is 1.12 bits per heavy atom. The third-order valence-electron chi connectivity index (χ3n) is 4.87. The topological polar surface area (TPSA) is 49.6 Å². The number of imidazole rings is 1. The van der Waals surface area contributed by atoms with Gasteiger partial charge in [0.2, 0.25) is 0 Å². The summed E-state index contributed by atoms with van der Waals surface area (Å²) in [5.74, 6) is -0.603. The van der Waals surface area contributed by atoms with Gasteiger partial charge in [-0.05, 0) is 43.6 Å². The summed E-state index contributed by atoms with van der Waals surface area (Å²) < 4.78 is 14.8. The van der Waals surface area contributed by atoms with Gasteiger partial charge in [-0.3, -0.25) is 9.69 Å². The van der Waals surface area contributed by atoms with Crippen LogP contribution in [0.3, 0.4) is 0 Å². The zero-order valence-corrected chi connectivity index (χ0v) is 14.4. The summed E-state index contributed by atoms with van der Waals surface area (Å²) in [6, 6.07) is 13.3. The number of carbonyl (C=O) groups excluding carboxylic acids is 1. The van der Waals surface area contributed by atoms with Gasteiger partial charge in [0.05, 0.1) is 6.04 Å². The van der Waals surface area contributed by atoms with E-state index >= 15 is 0 Å². The average Bonchev–Trinajstić information content (AvgIpc) is 3.32. The minimum absolute atomic E-state index is 0.150. The lowest BCUT2D eigenvalue weighted by Gasteiger charge is -2.28. The zero-order chi connectivity index (χ0) is 17.9. The fraction of sp³-hybridized carbons (Fsp3) is 0.300. The van der Waals surface area contributed by atoms with Crippen LogP contribution in [0.1, 0.15) is 34.9 Å². The summed E-state index contributed by atoms with van der Waals surface area (Å²) in [5.41, 5.74) is 2.05. The van der Waals surface area contributed by atoms with E-state index in [4.69, 9.17) is 0 Å². The van der Waals surface area contributed by atoms with Crippen molar-refractivity contribution < 1.29 is 9.18 Å². The lowest BCUT2D eigenvalue weighted by Crippen LogP contribution is -2.36. The summed E-state index contributed by atoms with van der Waals surface area (Å²) in [7, 11) is 0. The van der Waals surface area contributed by atoms with Crippen LogP contribution in [0.5, 0.6) is 0 Å².